The molecule has 2 aromatic rings. The molecule has 1 aliphatic heterocycles. The van der Waals surface area contributed by atoms with Crippen LogP contribution in [-0.4, -0.2) is 46.3 Å². The minimum atomic E-state index is -0.213. The van der Waals surface area contributed by atoms with E-state index in [0.29, 0.717) is 25.7 Å². The lowest BCUT2D eigenvalue weighted by atomic mass is 10.2. The summed E-state index contributed by atoms with van der Waals surface area (Å²) in [6.07, 6.45) is 0.734. The van der Waals surface area contributed by atoms with Gasteiger partial charge in [0.2, 0.25) is 0 Å². The van der Waals surface area contributed by atoms with Gasteiger partial charge in [0.1, 0.15) is 5.82 Å². The predicted octanol–water partition coefficient (Wildman–Crippen LogP) is 1.89. The lowest BCUT2D eigenvalue weighted by Gasteiger charge is -2.16. The van der Waals surface area contributed by atoms with Crippen LogP contribution in [0.3, 0.4) is 0 Å². The van der Waals surface area contributed by atoms with E-state index in [1.165, 1.54) is 0 Å². The standard InChI is InChI=1S/C16H22N4O2/c1-3-22-16(21)20-9-8-12(11-20)17-10-15-18-13-6-4-5-7-14(13)19(15)2/h4-7,12,17H,3,8-11H2,1-2H3/t12-/m1/s1. The molecule has 118 valence electrons. The third-order valence-electron chi connectivity index (χ3n) is 4.14. The second-order valence-electron chi connectivity index (χ2n) is 5.59. The van der Waals surface area contributed by atoms with Gasteiger partial charge in [-0.05, 0) is 25.5 Å². The molecule has 1 aliphatic rings. The highest BCUT2D eigenvalue weighted by Gasteiger charge is 2.26. The second kappa shape index (κ2) is 6.36. The van der Waals surface area contributed by atoms with Crippen molar-refractivity contribution >= 4 is 17.1 Å². The van der Waals surface area contributed by atoms with E-state index in [4.69, 9.17) is 4.74 Å². The third-order valence-corrected chi connectivity index (χ3v) is 4.14. The molecule has 2 heterocycles. The van der Waals surface area contributed by atoms with Gasteiger partial charge in [0.25, 0.3) is 0 Å². The number of imidazole rings is 1. The molecule has 1 fully saturated rings. The van der Waals surface area contributed by atoms with Crippen LogP contribution in [-0.2, 0) is 18.3 Å². The highest BCUT2D eigenvalue weighted by molar-refractivity contribution is 5.75. The Morgan fingerprint density at radius 3 is 3.05 bits per heavy atom. The first-order valence-electron chi connectivity index (χ1n) is 7.74. The molecule has 0 spiro atoms. The zero-order valence-corrected chi connectivity index (χ0v) is 13.1. The number of benzene rings is 1. The number of nitrogens with zero attached hydrogens (tertiary/aromatic N) is 3. The van der Waals surface area contributed by atoms with Crippen LogP contribution in [0.15, 0.2) is 24.3 Å². The van der Waals surface area contributed by atoms with Crippen LogP contribution < -0.4 is 5.32 Å². The lowest BCUT2D eigenvalue weighted by molar-refractivity contribution is 0.115. The molecule has 0 bridgehead atoms. The molecule has 1 atom stereocenters. The van der Waals surface area contributed by atoms with E-state index in [-0.39, 0.29) is 6.09 Å². The van der Waals surface area contributed by atoms with Crippen molar-refractivity contribution in [3.05, 3.63) is 30.1 Å². The van der Waals surface area contributed by atoms with Gasteiger partial charge in [-0.2, -0.15) is 0 Å². The zero-order valence-electron chi connectivity index (χ0n) is 13.1. The second-order valence-corrected chi connectivity index (χ2v) is 5.59. The fourth-order valence-corrected chi connectivity index (χ4v) is 2.90. The molecule has 1 saturated heterocycles. The smallest absolute Gasteiger partial charge is 0.409 e. The van der Waals surface area contributed by atoms with Crippen molar-refractivity contribution in [3.8, 4) is 0 Å². The largest absolute Gasteiger partial charge is 0.450 e. The van der Waals surface area contributed by atoms with E-state index in [1.54, 1.807) is 4.90 Å². The van der Waals surface area contributed by atoms with Gasteiger partial charge in [-0.25, -0.2) is 9.78 Å². The molecule has 6 heteroatoms. The number of nitrogens with one attached hydrogen (secondary N) is 1. The maximum atomic E-state index is 11.7. The van der Waals surface area contributed by atoms with Crippen LogP contribution in [0.25, 0.3) is 11.0 Å². The summed E-state index contributed by atoms with van der Waals surface area (Å²) in [7, 11) is 2.03. The molecule has 1 aromatic heterocycles. The topological polar surface area (TPSA) is 59.4 Å². The molecule has 3 rings (SSSR count). The molecule has 0 aliphatic carbocycles. The van der Waals surface area contributed by atoms with Crippen LogP contribution in [0.1, 0.15) is 19.2 Å². The minimum Gasteiger partial charge on any atom is -0.450 e. The summed E-state index contributed by atoms with van der Waals surface area (Å²) in [5.41, 5.74) is 2.15. The van der Waals surface area contributed by atoms with Crippen LogP contribution >= 0.6 is 0 Å². The van der Waals surface area contributed by atoms with E-state index in [2.05, 4.69) is 20.9 Å². The van der Waals surface area contributed by atoms with Gasteiger partial charge < -0.3 is 19.5 Å². The zero-order chi connectivity index (χ0) is 15.5. The highest BCUT2D eigenvalue weighted by atomic mass is 16.6. The third kappa shape index (κ3) is 2.92. The quantitative estimate of drug-likeness (QED) is 0.937. The van der Waals surface area contributed by atoms with Crippen molar-refractivity contribution < 1.29 is 9.53 Å². The van der Waals surface area contributed by atoms with E-state index >= 15 is 0 Å². The van der Waals surface area contributed by atoms with Gasteiger partial charge in [0.15, 0.2) is 0 Å². The summed E-state index contributed by atoms with van der Waals surface area (Å²) < 4.78 is 7.15. The van der Waals surface area contributed by atoms with Crippen molar-refractivity contribution in [3.63, 3.8) is 0 Å². The SMILES string of the molecule is CCOC(=O)N1CC[C@@H](NCc2nc3ccccc3n2C)C1. The van der Waals surface area contributed by atoms with Crippen molar-refractivity contribution in [2.45, 2.75) is 25.9 Å². The van der Waals surface area contributed by atoms with Crippen LogP contribution in [0.2, 0.25) is 0 Å². The number of carbonyl (C=O) groups is 1. The molecular weight excluding hydrogens is 280 g/mol. The molecule has 1 aromatic carbocycles. The van der Waals surface area contributed by atoms with E-state index in [1.807, 2.05) is 32.2 Å². The number of aromatic nitrogens is 2. The Labute approximate surface area is 130 Å². The monoisotopic (exact) mass is 302 g/mol. The maximum absolute atomic E-state index is 11.7. The molecule has 1 N–H and O–H groups in total. The van der Waals surface area contributed by atoms with Crippen molar-refractivity contribution in [1.82, 2.24) is 19.8 Å². The average Bonchev–Trinajstić information content (AvgIpc) is 3.11. The normalized spacial score (nSPS) is 18.1. The summed E-state index contributed by atoms with van der Waals surface area (Å²) in [5, 5.41) is 3.49. The highest BCUT2D eigenvalue weighted by Crippen LogP contribution is 2.15. The van der Waals surface area contributed by atoms with Gasteiger partial charge in [-0.1, -0.05) is 12.1 Å². The number of para-hydroxylation sites is 2. The summed E-state index contributed by atoms with van der Waals surface area (Å²) in [6, 6.07) is 8.42. The number of hydrogen-bond donors (Lipinski definition) is 1. The number of ether oxygens (including phenoxy) is 1. The molecule has 1 amide bonds. The Morgan fingerprint density at radius 1 is 1.45 bits per heavy atom. The minimum absolute atomic E-state index is 0.213. The summed E-state index contributed by atoms with van der Waals surface area (Å²) in [6.45, 7) is 4.40. The van der Waals surface area contributed by atoms with Gasteiger partial charge in [-0.3, -0.25) is 0 Å². The first kappa shape index (κ1) is 14.8. The molecule has 0 saturated carbocycles. The van der Waals surface area contributed by atoms with Crippen LogP contribution in [0.4, 0.5) is 4.79 Å². The van der Waals surface area contributed by atoms with E-state index < -0.39 is 0 Å². The van der Waals surface area contributed by atoms with Crippen LogP contribution in [0, 0.1) is 0 Å². The molecule has 0 unspecified atom stereocenters. The lowest BCUT2D eigenvalue weighted by Crippen LogP contribution is -2.35. The Bertz CT molecular complexity index is 667. The summed E-state index contributed by atoms with van der Waals surface area (Å²) in [4.78, 5) is 18.1. The van der Waals surface area contributed by atoms with E-state index in [9.17, 15) is 4.79 Å². The molecule has 0 radical (unpaired) electrons. The summed E-state index contributed by atoms with van der Waals surface area (Å²) in [5.74, 6) is 1.01. The van der Waals surface area contributed by atoms with Crippen molar-refractivity contribution in [2.24, 2.45) is 7.05 Å². The van der Waals surface area contributed by atoms with E-state index in [0.717, 1.165) is 29.8 Å². The first-order chi connectivity index (χ1) is 10.7. The Morgan fingerprint density at radius 2 is 2.27 bits per heavy atom. The number of carbonyl (C=O) groups excluding carboxylic acids is 1. The Balaban J connectivity index is 1.58. The van der Waals surface area contributed by atoms with Crippen LogP contribution in [0.5, 0.6) is 0 Å². The maximum Gasteiger partial charge on any atom is 0.409 e. The Hall–Kier alpha value is -2.08. The average molecular weight is 302 g/mol. The first-order valence-corrected chi connectivity index (χ1v) is 7.74. The molecule has 22 heavy (non-hydrogen) atoms. The number of hydrogen-bond acceptors (Lipinski definition) is 4. The number of amides is 1. The van der Waals surface area contributed by atoms with Crippen molar-refractivity contribution in [1.29, 1.82) is 0 Å². The number of fused-ring (bicyclic) bond motifs is 1. The molecular formula is C16H22N4O2. The summed E-state index contributed by atoms with van der Waals surface area (Å²) >= 11 is 0. The number of rotatable bonds is 4. The van der Waals surface area contributed by atoms with Gasteiger partial charge in [0, 0.05) is 26.2 Å². The molecule has 6 nitrogen and oxygen atoms in total. The van der Waals surface area contributed by atoms with Gasteiger partial charge >= 0.3 is 6.09 Å². The number of aryl methyl sites for hydroxylation is 1. The van der Waals surface area contributed by atoms with Gasteiger partial charge in [-0.15, -0.1) is 0 Å². The van der Waals surface area contributed by atoms with Gasteiger partial charge in [0.05, 0.1) is 24.2 Å². The fourth-order valence-electron chi connectivity index (χ4n) is 2.90. The fraction of sp³-hybridized carbons (Fsp3) is 0.500. The van der Waals surface area contributed by atoms with Crippen molar-refractivity contribution in [2.75, 3.05) is 19.7 Å². The Kier molecular flexibility index (Phi) is 4.29. The predicted molar refractivity (Wildman–Crippen MR) is 84.6 cm³/mol. The number of likely N-dealkylation sites (tertiary alicyclic amines) is 1.